The van der Waals surface area contributed by atoms with Crippen molar-refractivity contribution in [3.05, 3.63) is 70.7 Å². The largest absolute Gasteiger partial charge is 0.349 e. The van der Waals surface area contributed by atoms with E-state index < -0.39 is 11.5 Å². The monoisotopic (exact) mass is 405 g/mol. The van der Waals surface area contributed by atoms with Crippen LogP contribution in [0.5, 0.6) is 0 Å². The lowest BCUT2D eigenvalue weighted by atomic mass is 10.1. The molecule has 0 radical (unpaired) electrons. The Balaban J connectivity index is 1.68. The number of nitrogens with one attached hydrogen (secondary N) is 2. The van der Waals surface area contributed by atoms with Crippen LogP contribution in [0.4, 0.5) is 0 Å². The Labute approximate surface area is 173 Å². The molecule has 2 N–H and O–H groups in total. The second kappa shape index (κ2) is 8.86. The maximum absolute atomic E-state index is 13.1. The fourth-order valence-corrected chi connectivity index (χ4v) is 3.83. The summed E-state index contributed by atoms with van der Waals surface area (Å²) in [5.41, 5.74) is 2.50. The number of fused-ring (bicyclic) bond motifs is 1. The molecule has 30 heavy (non-hydrogen) atoms. The number of carbonyl (C=O) groups excluding carboxylic acids is 2. The molecule has 1 aliphatic rings. The van der Waals surface area contributed by atoms with Gasteiger partial charge in [0.05, 0.1) is 11.8 Å². The van der Waals surface area contributed by atoms with E-state index in [-0.39, 0.29) is 17.6 Å². The van der Waals surface area contributed by atoms with Gasteiger partial charge in [-0.25, -0.2) is 9.66 Å². The van der Waals surface area contributed by atoms with E-state index in [9.17, 15) is 14.4 Å². The van der Waals surface area contributed by atoms with Crippen LogP contribution in [0.2, 0.25) is 0 Å². The highest BCUT2D eigenvalue weighted by molar-refractivity contribution is 6.07. The van der Waals surface area contributed by atoms with Gasteiger partial charge < -0.3 is 5.32 Å². The smallest absolute Gasteiger partial charge is 0.290 e. The molecule has 1 aliphatic carbocycles. The van der Waals surface area contributed by atoms with Crippen molar-refractivity contribution in [3.8, 4) is 0 Å². The molecule has 1 saturated carbocycles. The van der Waals surface area contributed by atoms with Gasteiger partial charge in [0.1, 0.15) is 5.69 Å². The van der Waals surface area contributed by atoms with Crippen molar-refractivity contribution in [2.24, 2.45) is 0 Å². The third kappa shape index (κ3) is 4.22. The molecule has 3 aromatic rings. The molecule has 8 heteroatoms. The second-order valence-electron chi connectivity index (χ2n) is 7.46. The number of aromatic nitrogens is 3. The standard InChI is InChI=1S/C22H23N5O3/c28-20(25-15-7-3-1-2-4-8-15)18-14-27(22(30)17-10-6-5-9-16(17)18)26-21(29)19-13-23-11-12-24-19/h5-6,9-15H,1-4,7-8H2,(H,25,28)(H,26,29). The molecule has 4 rings (SSSR count). The normalized spacial score (nSPS) is 14.8. The molecular formula is C22H23N5O3. The molecule has 2 heterocycles. The minimum Gasteiger partial charge on any atom is -0.349 e. The lowest BCUT2D eigenvalue weighted by molar-refractivity contribution is 0.0931. The number of nitrogens with zero attached hydrogens (tertiary/aromatic N) is 3. The van der Waals surface area contributed by atoms with Crippen molar-refractivity contribution in [1.82, 2.24) is 20.0 Å². The first-order valence-corrected chi connectivity index (χ1v) is 10.2. The van der Waals surface area contributed by atoms with Gasteiger partial charge in [-0.1, -0.05) is 43.9 Å². The minimum absolute atomic E-state index is 0.0713. The Morgan fingerprint density at radius 2 is 1.70 bits per heavy atom. The van der Waals surface area contributed by atoms with Gasteiger partial charge in [0.15, 0.2) is 0 Å². The van der Waals surface area contributed by atoms with Crippen LogP contribution in [0.15, 0.2) is 53.8 Å². The zero-order chi connectivity index (χ0) is 20.9. The first-order valence-electron chi connectivity index (χ1n) is 10.2. The molecule has 2 amide bonds. The molecule has 0 aliphatic heterocycles. The van der Waals surface area contributed by atoms with Gasteiger partial charge >= 0.3 is 0 Å². The fraction of sp³-hybridized carbons (Fsp3) is 0.318. The summed E-state index contributed by atoms with van der Waals surface area (Å²) in [7, 11) is 0. The van der Waals surface area contributed by atoms with Gasteiger partial charge in [-0.15, -0.1) is 0 Å². The number of carbonyl (C=O) groups is 2. The molecule has 0 bridgehead atoms. The van der Waals surface area contributed by atoms with Crippen LogP contribution in [0.3, 0.4) is 0 Å². The van der Waals surface area contributed by atoms with Crippen LogP contribution >= 0.6 is 0 Å². The molecule has 154 valence electrons. The van der Waals surface area contributed by atoms with Crippen molar-refractivity contribution in [2.45, 2.75) is 44.6 Å². The van der Waals surface area contributed by atoms with Gasteiger partial charge in [-0.3, -0.25) is 24.8 Å². The first kappa shape index (κ1) is 19.8. The van der Waals surface area contributed by atoms with E-state index in [0.29, 0.717) is 16.3 Å². The average Bonchev–Trinajstić information content (AvgIpc) is 3.05. The van der Waals surface area contributed by atoms with Crippen molar-refractivity contribution in [3.63, 3.8) is 0 Å². The van der Waals surface area contributed by atoms with E-state index in [0.717, 1.165) is 30.4 Å². The van der Waals surface area contributed by atoms with E-state index in [1.165, 1.54) is 37.6 Å². The summed E-state index contributed by atoms with van der Waals surface area (Å²) in [5, 5.41) is 4.02. The van der Waals surface area contributed by atoms with E-state index in [4.69, 9.17) is 0 Å². The summed E-state index contributed by atoms with van der Waals surface area (Å²) in [6, 6.07) is 7.02. The molecule has 0 atom stereocenters. The Morgan fingerprint density at radius 3 is 2.40 bits per heavy atom. The average molecular weight is 405 g/mol. The van der Waals surface area contributed by atoms with E-state index >= 15 is 0 Å². The van der Waals surface area contributed by atoms with Crippen LogP contribution in [0.1, 0.15) is 59.4 Å². The molecule has 1 fully saturated rings. The zero-order valence-corrected chi connectivity index (χ0v) is 16.5. The number of amides is 2. The molecular weight excluding hydrogens is 382 g/mol. The fourth-order valence-electron chi connectivity index (χ4n) is 3.83. The van der Waals surface area contributed by atoms with Crippen LogP contribution in [-0.4, -0.2) is 32.5 Å². The third-order valence-electron chi connectivity index (χ3n) is 5.38. The summed E-state index contributed by atoms with van der Waals surface area (Å²) < 4.78 is 1.04. The number of benzene rings is 1. The van der Waals surface area contributed by atoms with E-state index in [1.54, 1.807) is 24.3 Å². The molecule has 0 saturated heterocycles. The molecule has 0 unspecified atom stereocenters. The lowest BCUT2D eigenvalue weighted by Gasteiger charge is -2.18. The summed E-state index contributed by atoms with van der Waals surface area (Å²) in [6.07, 6.45) is 12.0. The Kier molecular flexibility index (Phi) is 5.83. The SMILES string of the molecule is O=C(Nn1cc(C(=O)NC2CCCCCC2)c2ccccc2c1=O)c1cnccn1. The molecule has 2 aromatic heterocycles. The van der Waals surface area contributed by atoms with Crippen LogP contribution in [0, 0.1) is 0 Å². The van der Waals surface area contributed by atoms with Crippen molar-refractivity contribution in [1.29, 1.82) is 0 Å². The first-order chi connectivity index (χ1) is 14.6. The van der Waals surface area contributed by atoms with Gasteiger partial charge in [0.2, 0.25) is 0 Å². The Morgan fingerprint density at radius 1 is 0.967 bits per heavy atom. The summed E-state index contributed by atoms with van der Waals surface area (Å²) >= 11 is 0. The van der Waals surface area contributed by atoms with Crippen LogP contribution in [-0.2, 0) is 0 Å². The minimum atomic E-state index is -0.587. The quantitative estimate of drug-likeness (QED) is 0.649. The van der Waals surface area contributed by atoms with E-state index in [2.05, 4.69) is 20.7 Å². The van der Waals surface area contributed by atoms with E-state index in [1.807, 2.05) is 0 Å². The number of pyridine rings is 1. The maximum Gasteiger partial charge on any atom is 0.290 e. The van der Waals surface area contributed by atoms with Crippen LogP contribution < -0.4 is 16.3 Å². The van der Waals surface area contributed by atoms with Crippen molar-refractivity contribution in [2.75, 3.05) is 5.43 Å². The highest BCUT2D eigenvalue weighted by Gasteiger charge is 2.20. The maximum atomic E-state index is 13.1. The van der Waals surface area contributed by atoms with Gasteiger partial charge in [-0.05, 0) is 18.9 Å². The van der Waals surface area contributed by atoms with Crippen molar-refractivity contribution >= 4 is 22.6 Å². The summed E-state index contributed by atoms with van der Waals surface area (Å²) in [5.74, 6) is -0.837. The molecule has 8 nitrogen and oxygen atoms in total. The predicted molar refractivity (Wildman–Crippen MR) is 113 cm³/mol. The van der Waals surface area contributed by atoms with Crippen molar-refractivity contribution < 1.29 is 9.59 Å². The summed E-state index contributed by atoms with van der Waals surface area (Å²) in [4.78, 5) is 46.3. The Bertz CT molecular complexity index is 1120. The van der Waals surface area contributed by atoms with Gasteiger partial charge in [-0.2, -0.15) is 0 Å². The van der Waals surface area contributed by atoms with Gasteiger partial charge in [0, 0.05) is 35.4 Å². The Hall–Kier alpha value is -3.55. The number of hydrogen-bond donors (Lipinski definition) is 2. The highest BCUT2D eigenvalue weighted by Crippen LogP contribution is 2.19. The topological polar surface area (TPSA) is 106 Å². The predicted octanol–water partition coefficient (Wildman–Crippen LogP) is 2.63. The van der Waals surface area contributed by atoms with Crippen LogP contribution in [0.25, 0.3) is 10.8 Å². The molecule has 1 aromatic carbocycles. The highest BCUT2D eigenvalue weighted by atomic mass is 16.2. The lowest BCUT2D eigenvalue weighted by Crippen LogP contribution is -2.37. The zero-order valence-electron chi connectivity index (χ0n) is 16.5. The second-order valence-corrected chi connectivity index (χ2v) is 7.46. The van der Waals surface area contributed by atoms with Gasteiger partial charge in [0.25, 0.3) is 17.4 Å². The third-order valence-corrected chi connectivity index (χ3v) is 5.38. The number of rotatable bonds is 4. The molecule has 0 spiro atoms. The summed E-state index contributed by atoms with van der Waals surface area (Å²) in [6.45, 7) is 0. The number of hydrogen-bond acceptors (Lipinski definition) is 5.